The van der Waals surface area contributed by atoms with E-state index in [0.717, 1.165) is 24.9 Å². The quantitative estimate of drug-likeness (QED) is 0.720. The van der Waals surface area contributed by atoms with Gasteiger partial charge < -0.3 is 15.4 Å². The SMILES string of the molecule is CCCCc1ccc(NC(=O)CNC(=O)c2ccccc2OCC)cc1. The summed E-state index contributed by atoms with van der Waals surface area (Å²) in [6.45, 7) is 4.39. The Morgan fingerprint density at radius 1 is 1.00 bits per heavy atom. The molecule has 0 aliphatic heterocycles. The minimum Gasteiger partial charge on any atom is -0.493 e. The summed E-state index contributed by atoms with van der Waals surface area (Å²) in [4.78, 5) is 24.3. The second kappa shape index (κ2) is 10.2. The molecule has 0 aliphatic rings. The molecule has 0 radical (unpaired) electrons. The van der Waals surface area contributed by atoms with Crippen molar-refractivity contribution in [2.45, 2.75) is 33.1 Å². The van der Waals surface area contributed by atoms with Crippen LogP contribution in [-0.4, -0.2) is 25.0 Å². The highest BCUT2D eigenvalue weighted by atomic mass is 16.5. The largest absolute Gasteiger partial charge is 0.493 e. The van der Waals surface area contributed by atoms with Gasteiger partial charge in [0.2, 0.25) is 5.91 Å². The monoisotopic (exact) mass is 354 g/mol. The molecule has 0 spiro atoms. The molecule has 0 unspecified atom stereocenters. The van der Waals surface area contributed by atoms with Crippen LogP contribution < -0.4 is 15.4 Å². The van der Waals surface area contributed by atoms with Gasteiger partial charge in [0, 0.05) is 5.69 Å². The van der Waals surface area contributed by atoms with Crippen LogP contribution in [0.3, 0.4) is 0 Å². The molecule has 0 atom stereocenters. The minimum atomic E-state index is -0.334. The summed E-state index contributed by atoms with van der Waals surface area (Å²) in [7, 11) is 0. The molecule has 0 fully saturated rings. The zero-order chi connectivity index (χ0) is 18.8. The molecule has 5 heteroatoms. The van der Waals surface area contributed by atoms with Crippen molar-refractivity contribution in [1.82, 2.24) is 5.32 Å². The van der Waals surface area contributed by atoms with Crippen LogP contribution in [0.25, 0.3) is 0 Å². The Bertz CT molecular complexity index is 726. The van der Waals surface area contributed by atoms with E-state index in [-0.39, 0.29) is 18.4 Å². The molecule has 0 heterocycles. The molecule has 2 aromatic carbocycles. The Hall–Kier alpha value is -2.82. The molecular weight excluding hydrogens is 328 g/mol. The maximum absolute atomic E-state index is 12.3. The van der Waals surface area contributed by atoms with Crippen molar-refractivity contribution in [3.8, 4) is 5.75 Å². The van der Waals surface area contributed by atoms with Gasteiger partial charge >= 0.3 is 0 Å². The normalized spacial score (nSPS) is 10.2. The van der Waals surface area contributed by atoms with Crippen molar-refractivity contribution < 1.29 is 14.3 Å². The van der Waals surface area contributed by atoms with E-state index in [1.54, 1.807) is 24.3 Å². The molecular formula is C21H26N2O3. The average Bonchev–Trinajstić information content (AvgIpc) is 2.66. The summed E-state index contributed by atoms with van der Waals surface area (Å²) in [6.07, 6.45) is 3.35. The fourth-order valence-corrected chi connectivity index (χ4v) is 2.53. The number of rotatable bonds is 9. The highest BCUT2D eigenvalue weighted by Crippen LogP contribution is 2.17. The molecule has 2 N–H and O–H groups in total. The molecule has 0 aliphatic carbocycles. The van der Waals surface area contributed by atoms with Crippen molar-refractivity contribution in [3.05, 3.63) is 59.7 Å². The Kier molecular flexibility index (Phi) is 7.68. The van der Waals surface area contributed by atoms with E-state index in [0.29, 0.717) is 17.9 Å². The summed E-state index contributed by atoms with van der Waals surface area (Å²) < 4.78 is 5.44. The number of ether oxygens (including phenoxy) is 1. The van der Waals surface area contributed by atoms with E-state index in [9.17, 15) is 9.59 Å². The van der Waals surface area contributed by atoms with Crippen LogP contribution in [-0.2, 0) is 11.2 Å². The van der Waals surface area contributed by atoms with Gasteiger partial charge in [-0.25, -0.2) is 0 Å². The lowest BCUT2D eigenvalue weighted by Gasteiger charge is -2.11. The van der Waals surface area contributed by atoms with Gasteiger partial charge in [-0.3, -0.25) is 9.59 Å². The second-order valence-corrected chi connectivity index (χ2v) is 5.96. The second-order valence-electron chi connectivity index (χ2n) is 5.96. The molecule has 0 bridgehead atoms. The summed E-state index contributed by atoms with van der Waals surface area (Å²) in [5.74, 6) is -0.0942. The average molecular weight is 354 g/mol. The number of unbranched alkanes of at least 4 members (excludes halogenated alkanes) is 1. The summed E-state index contributed by atoms with van der Waals surface area (Å²) in [5.41, 5.74) is 2.40. The van der Waals surface area contributed by atoms with Crippen LogP contribution in [0.15, 0.2) is 48.5 Å². The minimum absolute atomic E-state index is 0.100. The van der Waals surface area contributed by atoms with Crippen molar-refractivity contribution in [2.75, 3.05) is 18.5 Å². The van der Waals surface area contributed by atoms with Gasteiger partial charge in [0.05, 0.1) is 18.7 Å². The zero-order valence-corrected chi connectivity index (χ0v) is 15.4. The number of amides is 2. The molecule has 138 valence electrons. The van der Waals surface area contributed by atoms with E-state index in [4.69, 9.17) is 4.74 Å². The molecule has 0 saturated carbocycles. The standard InChI is InChI=1S/C21H26N2O3/c1-3-5-8-16-11-13-17(14-12-16)23-20(24)15-22-21(25)18-9-6-7-10-19(18)26-4-2/h6-7,9-14H,3-5,8,15H2,1-2H3,(H,22,25)(H,23,24). The van der Waals surface area contributed by atoms with Crippen molar-refractivity contribution >= 4 is 17.5 Å². The highest BCUT2D eigenvalue weighted by Gasteiger charge is 2.13. The summed E-state index contributed by atoms with van der Waals surface area (Å²) in [6, 6.07) is 14.8. The van der Waals surface area contributed by atoms with Crippen molar-refractivity contribution in [1.29, 1.82) is 0 Å². The topological polar surface area (TPSA) is 67.4 Å². The van der Waals surface area contributed by atoms with Crippen LogP contribution in [0.2, 0.25) is 0 Å². The zero-order valence-electron chi connectivity index (χ0n) is 15.4. The summed E-state index contributed by atoms with van der Waals surface area (Å²) in [5, 5.41) is 5.41. The van der Waals surface area contributed by atoms with Crippen LogP contribution in [0.5, 0.6) is 5.75 Å². The van der Waals surface area contributed by atoms with Crippen LogP contribution in [0, 0.1) is 0 Å². The van der Waals surface area contributed by atoms with Gasteiger partial charge in [0.1, 0.15) is 5.75 Å². The van der Waals surface area contributed by atoms with Gasteiger partial charge in [-0.05, 0) is 49.6 Å². The predicted octanol–water partition coefficient (Wildman–Crippen LogP) is 3.80. The van der Waals surface area contributed by atoms with E-state index in [1.165, 1.54) is 5.56 Å². The molecule has 0 aromatic heterocycles. The smallest absolute Gasteiger partial charge is 0.255 e. The molecule has 2 aromatic rings. The van der Waals surface area contributed by atoms with Gasteiger partial charge in [-0.1, -0.05) is 37.6 Å². The maximum Gasteiger partial charge on any atom is 0.255 e. The number of anilines is 1. The first-order valence-corrected chi connectivity index (χ1v) is 9.02. The van der Waals surface area contributed by atoms with Gasteiger partial charge in [-0.15, -0.1) is 0 Å². The Morgan fingerprint density at radius 3 is 2.42 bits per heavy atom. The van der Waals surface area contributed by atoms with Crippen LogP contribution in [0.1, 0.15) is 42.6 Å². The fourth-order valence-electron chi connectivity index (χ4n) is 2.53. The fraction of sp³-hybridized carbons (Fsp3) is 0.333. The predicted molar refractivity (Wildman–Crippen MR) is 104 cm³/mol. The van der Waals surface area contributed by atoms with E-state index in [2.05, 4.69) is 17.6 Å². The van der Waals surface area contributed by atoms with Gasteiger partial charge in [0.15, 0.2) is 0 Å². The first-order chi connectivity index (χ1) is 12.6. The van der Waals surface area contributed by atoms with Crippen molar-refractivity contribution in [2.24, 2.45) is 0 Å². The molecule has 2 rings (SSSR count). The highest BCUT2D eigenvalue weighted by molar-refractivity contribution is 6.00. The maximum atomic E-state index is 12.3. The van der Waals surface area contributed by atoms with Crippen molar-refractivity contribution in [3.63, 3.8) is 0 Å². The number of nitrogens with one attached hydrogen (secondary N) is 2. The molecule has 0 saturated heterocycles. The van der Waals surface area contributed by atoms with Crippen LogP contribution >= 0.6 is 0 Å². The van der Waals surface area contributed by atoms with Gasteiger partial charge in [-0.2, -0.15) is 0 Å². The van der Waals surface area contributed by atoms with Gasteiger partial charge in [0.25, 0.3) is 5.91 Å². The number of aryl methyl sites for hydroxylation is 1. The third-order valence-electron chi connectivity index (χ3n) is 3.90. The van der Waals surface area contributed by atoms with Crippen LogP contribution in [0.4, 0.5) is 5.69 Å². The summed E-state index contributed by atoms with van der Waals surface area (Å²) >= 11 is 0. The first kappa shape index (κ1) is 19.5. The third kappa shape index (κ3) is 5.92. The van der Waals surface area contributed by atoms with E-state index >= 15 is 0 Å². The number of hydrogen-bond donors (Lipinski definition) is 2. The van der Waals surface area contributed by atoms with E-state index < -0.39 is 0 Å². The number of benzene rings is 2. The first-order valence-electron chi connectivity index (χ1n) is 9.02. The lowest BCUT2D eigenvalue weighted by Crippen LogP contribution is -2.33. The molecule has 2 amide bonds. The molecule has 5 nitrogen and oxygen atoms in total. The van der Waals surface area contributed by atoms with E-state index in [1.807, 2.05) is 31.2 Å². The molecule has 26 heavy (non-hydrogen) atoms. The Balaban J connectivity index is 1.85. The number of hydrogen-bond acceptors (Lipinski definition) is 3. The third-order valence-corrected chi connectivity index (χ3v) is 3.90. The number of carbonyl (C=O) groups excluding carboxylic acids is 2. The lowest BCUT2D eigenvalue weighted by molar-refractivity contribution is -0.115. The Labute approximate surface area is 154 Å². The number of para-hydroxylation sites is 1. The Morgan fingerprint density at radius 2 is 1.73 bits per heavy atom. The number of carbonyl (C=O) groups is 2. The lowest BCUT2D eigenvalue weighted by atomic mass is 10.1.